The number of alkyl halides is 3. The second-order valence-corrected chi connectivity index (χ2v) is 8.78. The molecule has 2 unspecified atom stereocenters. The maximum absolute atomic E-state index is 12.7. The Morgan fingerprint density at radius 2 is 1.70 bits per heavy atom. The summed E-state index contributed by atoms with van der Waals surface area (Å²) in [6.07, 6.45) is -0.717. The zero-order valence-electron chi connectivity index (χ0n) is 14.2. The minimum absolute atomic E-state index is 0.125. The molecule has 2 fully saturated rings. The summed E-state index contributed by atoms with van der Waals surface area (Å²) in [5, 5.41) is 0. The number of nitrogens with zero attached hydrogens (tertiary/aromatic N) is 4. The minimum Gasteiger partial charge on any atom is -0.356 e. The van der Waals surface area contributed by atoms with Crippen LogP contribution in [-0.2, 0) is 16.2 Å². The third kappa shape index (κ3) is 3.39. The molecule has 4 rings (SSSR count). The van der Waals surface area contributed by atoms with Crippen molar-refractivity contribution in [3.05, 3.63) is 48.4 Å². The first-order valence-corrected chi connectivity index (χ1v) is 9.87. The van der Waals surface area contributed by atoms with E-state index in [4.69, 9.17) is 0 Å². The van der Waals surface area contributed by atoms with Gasteiger partial charge in [0.05, 0.1) is 5.56 Å². The van der Waals surface area contributed by atoms with E-state index in [0.717, 1.165) is 12.3 Å². The molecule has 2 aliphatic heterocycles. The zero-order chi connectivity index (χ0) is 19.2. The smallest absolute Gasteiger partial charge is 0.356 e. The lowest BCUT2D eigenvalue weighted by atomic mass is 10.0. The van der Waals surface area contributed by atoms with Gasteiger partial charge < -0.3 is 4.90 Å². The first-order chi connectivity index (χ1) is 12.7. The molecule has 2 atom stereocenters. The topological polar surface area (TPSA) is 66.4 Å². The summed E-state index contributed by atoms with van der Waals surface area (Å²) in [6, 6.07) is 5.50. The van der Waals surface area contributed by atoms with Gasteiger partial charge in [0.1, 0.15) is 10.7 Å². The van der Waals surface area contributed by atoms with E-state index in [2.05, 4.69) is 9.97 Å². The first kappa shape index (κ1) is 18.2. The van der Waals surface area contributed by atoms with Crippen LogP contribution in [0.2, 0.25) is 0 Å². The standard InChI is InChI=1S/C17H17F3N4O2S/c18-17(19,20)14-3-4-16(22-6-14)23-8-12-10-24(11-13(12)9-23)27(25,26)15-2-1-5-21-7-15/h1-7,12-13H,8-11H2. The van der Waals surface area contributed by atoms with Gasteiger partial charge in [0.25, 0.3) is 0 Å². The summed E-state index contributed by atoms with van der Waals surface area (Å²) in [7, 11) is -3.57. The van der Waals surface area contributed by atoms with Gasteiger partial charge in [0, 0.05) is 44.8 Å². The molecule has 2 saturated heterocycles. The van der Waals surface area contributed by atoms with Crippen LogP contribution in [0.3, 0.4) is 0 Å². The van der Waals surface area contributed by atoms with Gasteiger partial charge in [0.15, 0.2) is 0 Å². The Balaban J connectivity index is 1.44. The summed E-state index contributed by atoms with van der Waals surface area (Å²) in [6.45, 7) is 1.92. The lowest BCUT2D eigenvalue weighted by molar-refractivity contribution is -0.137. The SMILES string of the molecule is O=S(=O)(c1cccnc1)N1CC2CN(c3ccc(C(F)(F)F)cn3)CC2C1. The van der Waals surface area contributed by atoms with Crippen LogP contribution in [0.25, 0.3) is 0 Å². The van der Waals surface area contributed by atoms with Crippen molar-refractivity contribution < 1.29 is 21.6 Å². The fraction of sp³-hybridized carbons (Fsp3) is 0.412. The van der Waals surface area contributed by atoms with Gasteiger partial charge in [-0.15, -0.1) is 0 Å². The van der Waals surface area contributed by atoms with Crippen molar-refractivity contribution in [3.63, 3.8) is 0 Å². The lowest BCUT2D eigenvalue weighted by Gasteiger charge is -2.22. The fourth-order valence-electron chi connectivity index (χ4n) is 3.72. The van der Waals surface area contributed by atoms with Crippen LogP contribution >= 0.6 is 0 Å². The summed E-state index contributed by atoms with van der Waals surface area (Å²) in [4.78, 5) is 9.90. The third-order valence-electron chi connectivity index (χ3n) is 5.12. The summed E-state index contributed by atoms with van der Waals surface area (Å²) >= 11 is 0. The normalized spacial score (nSPS) is 23.6. The molecular formula is C17H17F3N4O2S. The molecule has 6 nitrogen and oxygen atoms in total. The molecule has 144 valence electrons. The molecule has 0 aliphatic carbocycles. The molecule has 0 amide bonds. The number of pyridine rings is 2. The summed E-state index contributed by atoms with van der Waals surface area (Å²) in [5.74, 6) is 0.736. The van der Waals surface area contributed by atoms with Crippen LogP contribution in [-0.4, -0.2) is 48.9 Å². The average Bonchev–Trinajstić information content (AvgIpc) is 3.21. The van der Waals surface area contributed by atoms with Crippen LogP contribution in [0.4, 0.5) is 19.0 Å². The van der Waals surface area contributed by atoms with E-state index in [0.29, 0.717) is 32.0 Å². The van der Waals surface area contributed by atoms with Crippen LogP contribution in [0.15, 0.2) is 47.8 Å². The number of rotatable bonds is 3. The second-order valence-electron chi connectivity index (χ2n) is 6.84. The molecule has 0 radical (unpaired) electrons. The Morgan fingerprint density at radius 3 is 2.22 bits per heavy atom. The Bertz CT molecular complexity index is 905. The number of hydrogen-bond donors (Lipinski definition) is 0. The molecule has 0 saturated carbocycles. The highest BCUT2D eigenvalue weighted by molar-refractivity contribution is 7.89. The first-order valence-electron chi connectivity index (χ1n) is 8.43. The molecule has 0 aromatic carbocycles. The van der Waals surface area contributed by atoms with Crippen LogP contribution < -0.4 is 4.90 Å². The number of anilines is 1. The zero-order valence-corrected chi connectivity index (χ0v) is 15.0. The highest BCUT2D eigenvalue weighted by Crippen LogP contribution is 2.36. The second kappa shape index (κ2) is 6.45. The van der Waals surface area contributed by atoms with Crippen LogP contribution in [0, 0.1) is 11.8 Å². The van der Waals surface area contributed by atoms with Crippen molar-refractivity contribution in [1.82, 2.24) is 14.3 Å². The Hall–Kier alpha value is -2.20. The van der Waals surface area contributed by atoms with E-state index < -0.39 is 21.8 Å². The molecule has 0 spiro atoms. The van der Waals surface area contributed by atoms with E-state index in [1.54, 1.807) is 6.07 Å². The largest absolute Gasteiger partial charge is 0.417 e. The predicted octanol–water partition coefficient (Wildman–Crippen LogP) is 2.25. The van der Waals surface area contributed by atoms with E-state index in [-0.39, 0.29) is 16.7 Å². The fourth-order valence-corrected chi connectivity index (χ4v) is 5.24. The molecular weight excluding hydrogens is 381 g/mol. The van der Waals surface area contributed by atoms with Crippen molar-refractivity contribution in [3.8, 4) is 0 Å². The molecule has 2 aromatic heterocycles. The van der Waals surface area contributed by atoms with Gasteiger partial charge >= 0.3 is 6.18 Å². The van der Waals surface area contributed by atoms with Crippen molar-refractivity contribution in [2.75, 3.05) is 31.1 Å². The minimum atomic E-state index is -4.41. The van der Waals surface area contributed by atoms with Crippen molar-refractivity contribution in [1.29, 1.82) is 0 Å². The molecule has 2 aromatic rings. The van der Waals surface area contributed by atoms with Crippen molar-refractivity contribution >= 4 is 15.8 Å². The van der Waals surface area contributed by atoms with E-state index in [1.807, 2.05) is 4.90 Å². The Kier molecular flexibility index (Phi) is 4.34. The van der Waals surface area contributed by atoms with Gasteiger partial charge in [-0.3, -0.25) is 4.98 Å². The monoisotopic (exact) mass is 398 g/mol. The number of fused-ring (bicyclic) bond motifs is 1. The van der Waals surface area contributed by atoms with Crippen LogP contribution in [0.1, 0.15) is 5.56 Å². The predicted molar refractivity (Wildman–Crippen MR) is 91.4 cm³/mol. The number of sulfonamides is 1. The van der Waals surface area contributed by atoms with Gasteiger partial charge in [-0.2, -0.15) is 17.5 Å². The van der Waals surface area contributed by atoms with E-state index in [9.17, 15) is 21.6 Å². The van der Waals surface area contributed by atoms with Gasteiger partial charge in [-0.1, -0.05) is 0 Å². The Labute approximate surface area is 154 Å². The maximum atomic E-state index is 12.7. The quantitative estimate of drug-likeness (QED) is 0.794. The number of hydrogen-bond acceptors (Lipinski definition) is 5. The van der Waals surface area contributed by atoms with Crippen LogP contribution in [0.5, 0.6) is 0 Å². The van der Waals surface area contributed by atoms with Crippen molar-refractivity contribution in [2.24, 2.45) is 11.8 Å². The number of aromatic nitrogens is 2. The van der Waals surface area contributed by atoms with E-state index in [1.165, 1.54) is 28.8 Å². The molecule has 27 heavy (non-hydrogen) atoms. The van der Waals surface area contributed by atoms with Gasteiger partial charge in [0.2, 0.25) is 10.0 Å². The maximum Gasteiger partial charge on any atom is 0.417 e. The molecule has 0 bridgehead atoms. The average molecular weight is 398 g/mol. The summed E-state index contributed by atoms with van der Waals surface area (Å²) < 4.78 is 64.8. The highest BCUT2D eigenvalue weighted by Gasteiger charge is 2.44. The molecule has 4 heterocycles. The molecule has 10 heteroatoms. The lowest BCUT2D eigenvalue weighted by Crippen LogP contribution is -2.33. The summed E-state index contributed by atoms with van der Waals surface area (Å²) in [5.41, 5.74) is -0.778. The Morgan fingerprint density at radius 1 is 1.00 bits per heavy atom. The molecule has 2 aliphatic rings. The third-order valence-corrected chi connectivity index (χ3v) is 6.94. The van der Waals surface area contributed by atoms with Crippen molar-refractivity contribution in [2.45, 2.75) is 11.1 Å². The van der Waals surface area contributed by atoms with Gasteiger partial charge in [-0.25, -0.2) is 13.4 Å². The van der Waals surface area contributed by atoms with Gasteiger partial charge in [-0.05, 0) is 36.1 Å². The molecule has 0 N–H and O–H groups in total. The van der Waals surface area contributed by atoms with E-state index >= 15 is 0 Å². The number of halogens is 3. The highest BCUT2D eigenvalue weighted by atomic mass is 32.2.